The maximum atomic E-state index is 11.1. The quantitative estimate of drug-likeness (QED) is 0.813. The molecular weight excluding hydrogens is 224 g/mol. The van der Waals surface area contributed by atoms with Gasteiger partial charge >= 0.3 is 11.9 Å². The summed E-state index contributed by atoms with van der Waals surface area (Å²) in [6.45, 7) is 1.95. The fourth-order valence-electron chi connectivity index (χ4n) is 1.67. The average Bonchev–Trinajstić information content (AvgIpc) is 2.26. The molecule has 1 rings (SSSR count). The first-order chi connectivity index (χ1) is 7.97. The van der Waals surface area contributed by atoms with Gasteiger partial charge in [-0.3, -0.25) is 0 Å². The lowest BCUT2D eigenvalue weighted by Crippen LogP contribution is -2.12. The molecular formula is C12H14O5. The molecule has 0 bridgehead atoms. The lowest BCUT2D eigenvalue weighted by molar-refractivity contribution is 0.0694. The summed E-state index contributed by atoms with van der Waals surface area (Å²) in [5.41, 5.74) is 0.970. The SMILES string of the molecule is COCCc1c(C(=O)O)cc(C)cc1C(=O)O. The van der Waals surface area contributed by atoms with Crippen LogP contribution in [-0.2, 0) is 11.2 Å². The monoisotopic (exact) mass is 238 g/mol. The molecule has 0 radical (unpaired) electrons. The predicted octanol–water partition coefficient (Wildman–Crippen LogP) is 1.58. The van der Waals surface area contributed by atoms with Gasteiger partial charge in [-0.25, -0.2) is 9.59 Å². The van der Waals surface area contributed by atoms with Crippen molar-refractivity contribution in [2.75, 3.05) is 13.7 Å². The van der Waals surface area contributed by atoms with Gasteiger partial charge in [0.25, 0.3) is 0 Å². The molecule has 0 aromatic heterocycles. The third-order valence-electron chi connectivity index (χ3n) is 2.41. The summed E-state index contributed by atoms with van der Waals surface area (Å²) in [5.74, 6) is -2.25. The number of aromatic carboxylic acids is 2. The van der Waals surface area contributed by atoms with E-state index in [9.17, 15) is 9.59 Å². The van der Waals surface area contributed by atoms with Crippen LogP contribution in [0.25, 0.3) is 0 Å². The zero-order valence-electron chi connectivity index (χ0n) is 9.69. The van der Waals surface area contributed by atoms with Gasteiger partial charge in [0.1, 0.15) is 0 Å². The highest BCUT2D eigenvalue weighted by atomic mass is 16.5. The van der Waals surface area contributed by atoms with E-state index < -0.39 is 11.9 Å². The minimum absolute atomic E-state index is 0.0273. The van der Waals surface area contributed by atoms with Crippen LogP contribution in [0.1, 0.15) is 31.8 Å². The molecule has 0 aliphatic heterocycles. The van der Waals surface area contributed by atoms with E-state index in [1.807, 2.05) is 0 Å². The predicted molar refractivity (Wildman–Crippen MR) is 60.7 cm³/mol. The molecule has 1 aromatic carbocycles. The van der Waals surface area contributed by atoms with E-state index in [2.05, 4.69) is 0 Å². The van der Waals surface area contributed by atoms with Gasteiger partial charge < -0.3 is 14.9 Å². The molecule has 0 aliphatic carbocycles. The summed E-state index contributed by atoms with van der Waals surface area (Å²) in [6, 6.07) is 2.94. The van der Waals surface area contributed by atoms with Crippen molar-refractivity contribution in [2.45, 2.75) is 13.3 Å². The van der Waals surface area contributed by atoms with E-state index in [1.54, 1.807) is 6.92 Å². The molecule has 0 atom stereocenters. The molecule has 0 amide bonds. The Hall–Kier alpha value is -1.88. The number of benzene rings is 1. The number of carboxylic acid groups (broad SMARTS) is 2. The first-order valence-corrected chi connectivity index (χ1v) is 5.06. The van der Waals surface area contributed by atoms with Crippen LogP contribution in [0.15, 0.2) is 12.1 Å². The van der Waals surface area contributed by atoms with Crippen LogP contribution in [0.5, 0.6) is 0 Å². The van der Waals surface area contributed by atoms with E-state index in [0.717, 1.165) is 0 Å². The molecule has 0 heterocycles. The van der Waals surface area contributed by atoms with Crippen LogP contribution < -0.4 is 0 Å². The second kappa shape index (κ2) is 5.45. The van der Waals surface area contributed by atoms with E-state index in [4.69, 9.17) is 14.9 Å². The number of carboxylic acids is 2. The van der Waals surface area contributed by atoms with Crippen molar-refractivity contribution in [3.63, 3.8) is 0 Å². The van der Waals surface area contributed by atoms with Crippen LogP contribution in [0, 0.1) is 6.92 Å². The number of aryl methyl sites for hydroxylation is 1. The number of hydrogen-bond acceptors (Lipinski definition) is 3. The Kier molecular flexibility index (Phi) is 4.23. The smallest absolute Gasteiger partial charge is 0.335 e. The van der Waals surface area contributed by atoms with Crippen molar-refractivity contribution in [2.24, 2.45) is 0 Å². The zero-order chi connectivity index (χ0) is 13.0. The highest BCUT2D eigenvalue weighted by molar-refractivity contribution is 5.97. The molecule has 0 aliphatic rings. The Bertz CT molecular complexity index is 415. The zero-order valence-corrected chi connectivity index (χ0v) is 9.69. The van der Waals surface area contributed by atoms with Crippen molar-refractivity contribution < 1.29 is 24.5 Å². The normalized spacial score (nSPS) is 10.2. The number of methoxy groups -OCH3 is 1. The van der Waals surface area contributed by atoms with E-state index in [0.29, 0.717) is 11.1 Å². The lowest BCUT2D eigenvalue weighted by atomic mass is 9.96. The number of ether oxygens (including phenoxy) is 1. The molecule has 2 N–H and O–H groups in total. The second-order valence-corrected chi connectivity index (χ2v) is 3.69. The summed E-state index contributed by atoms with van der Waals surface area (Å²) in [5, 5.41) is 18.1. The van der Waals surface area contributed by atoms with Crippen LogP contribution in [0.3, 0.4) is 0 Å². The topological polar surface area (TPSA) is 83.8 Å². The Balaban J connectivity index is 3.36. The summed E-state index contributed by atoms with van der Waals surface area (Å²) in [7, 11) is 1.48. The highest BCUT2D eigenvalue weighted by Crippen LogP contribution is 2.19. The van der Waals surface area contributed by atoms with Crippen molar-refractivity contribution in [1.82, 2.24) is 0 Å². The minimum atomic E-state index is -1.12. The number of hydrogen-bond donors (Lipinski definition) is 2. The van der Waals surface area contributed by atoms with Gasteiger partial charge in [0, 0.05) is 7.11 Å². The maximum Gasteiger partial charge on any atom is 0.335 e. The largest absolute Gasteiger partial charge is 0.478 e. The first kappa shape index (κ1) is 13.2. The van der Waals surface area contributed by atoms with Crippen molar-refractivity contribution in [1.29, 1.82) is 0 Å². The van der Waals surface area contributed by atoms with Gasteiger partial charge in [0.05, 0.1) is 17.7 Å². The maximum absolute atomic E-state index is 11.1. The van der Waals surface area contributed by atoms with Crippen LogP contribution in [-0.4, -0.2) is 35.9 Å². The molecule has 1 aromatic rings. The van der Waals surface area contributed by atoms with Gasteiger partial charge in [-0.1, -0.05) is 0 Å². The Labute approximate surface area is 98.6 Å². The Morgan fingerprint density at radius 3 is 2.00 bits per heavy atom. The average molecular weight is 238 g/mol. The van der Waals surface area contributed by atoms with E-state index in [-0.39, 0.29) is 24.2 Å². The number of rotatable bonds is 5. The Morgan fingerprint density at radius 2 is 1.65 bits per heavy atom. The van der Waals surface area contributed by atoms with Crippen LogP contribution in [0.4, 0.5) is 0 Å². The van der Waals surface area contributed by atoms with Crippen molar-refractivity contribution in [3.05, 3.63) is 34.4 Å². The molecule has 92 valence electrons. The van der Waals surface area contributed by atoms with Gasteiger partial charge in [0.2, 0.25) is 0 Å². The Morgan fingerprint density at radius 1 is 1.18 bits per heavy atom. The molecule has 0 unspecified atom stereocenters. The summed E-state index contributed by atoms with van der Waals surface area (Å²) in [4.78, 5) is 22.2. The molecule has 0 spiro atoms. The molecule has 0 fully saturated rings. The van der Waals surface area contributed by atoms with E-state index >= 15 is 0 Å². The third kappa shape index (κ3) is 3.04. The third-order valence-corrected chi connectivity index (χ3v) is 2.41. The standard InChI is InChI=1S/C12H14O5/c1-7-5-9(11(13)14)8(3-4-17-2)10(6-7)12(15)16/h5-6H,3-4H2,1-2H3,(H,13,14)(H,15,16). The fourth-order valence-corrected chi connectivity index (χ4v) is 1.67. The highest BCUT2D eigenvalue weighted by Gasteiger charge is 2.18. The van der Waals surface area contributed by atoms with Crippen molar-refractivity contribution in [3.8, 4) is 0 Å². The summed E-state index contributed by atoms with van der Waals surface area (Å²) in [6.07, 6.45) is 0.264. The molecule has 5 nitrogen and oxygen atoms in total. The van der Waals surface area contributed by atoms with Gasteiger partial charge in [-0.15, -0.1) is 0 Å². The van der Waals surface area contributed by atoms with E-state index in [1.165, 1.54) is 19.2 Å². The van der Waals surface area contributed by atoms with Crippen LogP contribution >= 0.6 is 0 Å². The molecule has 5 heteroatoms. The van der Waals surface area contributed by atoms with Gasteiger partial charge in [0.15, 0.2) is 0 Å². The minimum Gasteiger partial charge on any atom is -0.478 e. The summed E-state index contributed by atoms with van der Waals surface area (Å²) < 4.78 is 4.86. The number of carbonyl (C=O) groups is 2. The second-order valence-electron chi connectivity index (χ2n) is 3.69. The van der Waals surface area contributed by atoms with Crippen molar-refractivity contribution >= 4 is 11.9 Å². The molecule has 0 saturated carbocycles. The first-order valence-electron chi connectivity index (χ1n) is 5.06. The molecule has 17 heavy (non-hydrogen) atoms. The summed E-state index contributed by atoms with van der Waals surface area (Å²) >= 11 is 0. The van der Waals surface area contributed by atoms with Gasteiger partial charge in [-0.2, -0.15) is 0 Å². The van der Waals surface area contributed by atoms with Crippen LogP contribution in [0.2, 0.25) is 0 Å². The molecule has 0 saturated heterocycles. The lowest BCUT2D eigenvalue weighted by Gasteiger charge is -2.11. The fraction of sp³-hybridized carbons (Fsp3) is 0.333. The van der Waals surface area contributed by atoms with Gasteiger partial charge in [-0.05, 0) is 36.6 Å².